The molecule has 0 bridgehead atoms. The van der Waals surface area contributed by atoms with Crippen LogP contribution in [0.25, 0.3) is 16.7 Å². The molecule has 1 aromatic carbocycles. The van der Waals surface area contributed by atoms with Gasteiger partial charge in [-0.3, -0.25) is 0 Å². The molecule has 2 aromatic heterocycles. The van der Waals surface area contributed by atoms with Crippen LogP contribution in [-0.2, 0) is 6.54 Å². The van der Waals surface area contributed by atoms with E-state index in [-0.39, 0.29) is 0 Å². The van der Waals surface area contributed by atoms with Crippen LogP contribution in [0.3, 0.4) is 0 Å². The number of aryl methyl sites for hydroxylation is 2. The quantitative estimate of drug-likeness (QED) is 0.762. The molecule has 0 aliphatic rings. The predicted molar refractivity (Wildman–Crippen MR) is 76.2 cm³/mol. The maximum Gasteiger partial charge on any atom is 0.163 e. The molecule has 2 N–H and O–H groups in total. The van der Waals surface area contributed by atoms with Gasteiger partial charge in [0.1, 0.15) is 0 Å². The summed E-state index contributed by atoms with van der Waals surface area (Å²) in [6.07, 6.45) is 1.82. The van der Waals surface area contributed by atoms with Gasteiger partial charge in [0.2, 0.25) is 0 Å². The third-order valence-corrected chi connectivity index (χ3v) is 3.34. The fraction of sp³-hybridized carbons (Fsp3) is 0.200. The zero-order chi connectivity index (χ0) is 13.4. The van der Waals surface area contributed by atoms with Crippen LogP contribution in [0.15, 0.2) is 36.5 Å². The van der Waals surface area contributed by atoms with Gasteiger partial charge in [-0.2, -0.15) is 5.10 Å². The molecule has 2 heterocycles. The molecule has 0 amide bonds. The second-order valence-corrected chi connectivity index (χ2v) is 4.70. The number of hydrogen-bond donors (Lipinski definition) is 1. The molecule has 0 aliphatic carbocycles. The van der Waals surface area contributed by atoms with E-state index in [9.17, 15) is 0 Å². The average molecular weight is 252 g/mol. The van der Waals surface area contributed by atoms with E-state index in [4.69, 9.17) is 5.73 Å². The third kappa shape index (κ3) is 1.90. The maximum atomic E-state index is 5.67. The fourth-order valence-corrected chi connectivity index (χ4v) is 2.27. The van der Waals surface area contributed by atoms with Gasteiger partial charge in [0, 0.05) is 18.1 Å². The van der Waals surface area contributed by atoms with Crippen molar-refractivity contribution in [1.82, 2.24) is 14.8 Å². The summed E-state index contributed by atoms with van der Waals surface area (Å²) in [6.45, 7) is 4.57. The van der Waals surface area contributed by atoms with Gasteiger partial charge in [-0.15, -0.1) is 0 Å². The normalized spacial score (nSPS) is 11.1. The first-order valence-corrected chi connectivity index (χ1v) is 6.31. The van der Waals surface area contributed by atoms with Gasteiger partial charge >= 0.3 is 0 Å². The summed E-state index contributed by atoms with van der Waals surface area (Å²) in [7, 11) is 0. The van der Waals surface area contributed by atoms with E-state index in [1.807, 2.05) is 29.9 Å². The molecule has 4 heteroatoms. The zero-order valence-electron chi connectivity index (χ0n) is 11.1. The van der Waals surface area contributed by atoms with Crippen molar-refractivity contribution in [2.75, 3.05) is 0 Å². The van der Waals surface area contributed by atoms with Crippen LogP contribution in [0, 0.1) is 13.8 Å². The molecule has 0 fully saturated rings. The number of para-hydroxylation sites is 1. The van der Waals surface area contributed by atoms with Crippen LogP contribution >= 0.6 is 0 Å². The predicted octanol–water partition coefficient (Wildman–Crippen LogP) is 2.50. The topological polar surface area (TPSA) is 56.7 Å². The Bertz CT molecular complexity index is 743. The lowest BCUT2D eigenvalue weighted by Crippen LogP contribution is -2.01. The lowest BCUT2D eigenvalue weighted by atomic mass is 10.2. The fourth-order valence-electron chi connectivity index (χ4n) is 2.27. The van der Waals surface area contributed by atoms with E-state index in [1.165, 1.54) is 5.56 Å². The van der Waals surface area contributed by atoms with Crippen molar-refractivity contribution < 1.29 is 0 Å². The minimum absolute atomic E-state index is 0.498. The molecule has 0 aliphatic heterocycles. The minimum Gasteiger partial charge on any atom is -0.326 e. The molecule has 4 nitrogen and oxygen atoms in total. The van der Waals surface area contributed by atoms with Gasteiger partial charge in [-0.05, 0) is 37.1 Å². The standard InChI is InChI=1S/C15H16N4/c1-10-5-3-4-6-14(10)19-15-13(11(2)18-19)7-12(8-16)9-17-15/h3-7,9H,8,16H2,1-2H3. The van der Waals surface area contributed by atoms with Crippen molar-refractivity contribution in [3.63, 3.8) is 0 Å². The highest BCUT2D eigenvalue weighted by atomic mass is 15.3. The summed E-state index contributed by atoms with van der Waals surface area (Å²) in [4.78, 5) is 4.51. The van der Waals surface area contributed by atoms with E-state index < -0.39 is 0 Å². The molecule has 0 atom stereocenters. The highest BCUT2D eigenvalue weighted by molar-refractivity contribution is 5.80. The first kappa shape index (κ1) is 11.9. The van der Waals surface area contributed by atoms with Crippen molar-refractivity contribution in [1.29, 1.82) is 0 Å². The molecule has 0 saturated carbocycles. The van der Waals surface area contributed by atoms with Gasteiger partial charge in [0.25, 0.3) is 0 Å². The molecule has 3 aromatic rings. The summed E-state index contributed by atoms with van der Waals surface area (Å²) in [5, 5.41) is 5.67. The SMILES string of the molecule is Cc1ccccc1-n1nc(C)c2cc(CN)cnc21. The largest absolute Gasteiger partial charge is 0.326 e. The van der Waals surface area contributed by atoms with Crippen LogP contribution in [0.5, 0.6) is 0 Å². The smallest absolute Gasteiger partial charge is 0.163 e. The Morgan fingerprint density at radius 1 is 1.21 bits per heavy atom. The second kappa shape index (κ2) is 4.48. The van der Waals surface area contributed by atoms with Crippen molar-refractivity contribution in [2.24, 2.45) is 5.73 Å². The van der Waals surface area contributed by atoms with Crippen LogP contribution < -0.4 is 5.73 Å². The number of hydrogen-bond acceptors (Lipinski definition) is 3. The number of fused-ring (bicyclic) bond motifs is 1. The van der Waals surface area contributed by atoms with E-state index >= 15 is 0 Å². The molecule has 19 heavy (non-hydrogen) atoms. The molecule has 3 rings (SSSR count). The maximum absolute atomic E-state index is 5.67. The first-order chi connectivity index (χ1) is 9.20. The zero-order valence-corrected chi connectivity index (χ0v) is 11.1. The number of nitrogens with zero attached hydrogens (tertiary/aromatic N) is 3. The minimum atomic E-state index is 0.498. The Morgan fingerprint density at radius 2 is 2.00 bits per heavy atom. The molecular weight excluding hydrogens is 236 g/mol. The Morgan fingerprint density at radius 3 is 2.74 bits per heavy atom. The first-order valence-electron chi connectivity index (χ1n) is 6.31. The van der Waals surface area contributed by atoms with Crippen molar-refractivity contribution in [2.45, 2.75) is 20.4 Å². The van der Waals surface area contributed by atoms with Gasteiger partial charge in [0.05, 0.1) is 11.4 Å². The second-order valence-electron chi connectivity index (χ2n) is 4.70. The van der Waals surface area contributed by atoms with Crippen LogP contribution in [0.4, 0.5) is 0 Å². The van der Waals surface area contributed by atoms with Crippen LogP contribution in [0.2, 0.25) is 0 Å². The molecule has 0 spiro atoms. The third-order valence-electron chi connectivity index (χ3n) is 3.34. The summed E-state index contributed by atoms with van der Waals surface area (Å²) in [6, 6.07) is 10.2. The van der Waals surface area contributed by atoms with Gasteiger partial charge in [-0.25, -0.2) is 9.67 Å². The van der Waals surface area contributed by atoms with Crippen molar-refractivity contribution in [3.05, 3.63) is 53.3 Å². The van der Waals surface area contributed by atoms with E-state index in [0.29, 0.717) is 6.54 Å². The summed E-state index contributed by atoms with van der Waals surface area (Å²) >= 11 is 0. The van der Waals surface area contributed by atoms with E-state index in [2.05, 4.69) is 35.2 Å². The lowest BCUT2D eigenvalue weighted by Gasteiger charge is -2.06. The Kier molecular flexibility index (Phi) is 2.80. The number of nitrogens with two attached hydrogens (primary N) is 1. The van der Waals surface area contributed by atoms with Crippen molar-refractivity contribution >= 4 is 11.0 Å². The highest BCUT2D eigenvalue weighted by Gasteiger charge is 2.11. The molecule has 0 saturated heterocycles. The molecular formula is C15H16N4. The monoisotopic (exact) mass is 252 g/mol. The van der Waals surface area contributed by atoms with Gasteiger partial charge < -0.3 is 5.73 Å². The van der Waals surface area contributed by atoms with Gasteiger partial charge in [-0.1, -0.05) is 18.2 Å². The number of pyridine rings is 1. The summed E-state index contributed by atoms with van der Waals surface area (Å²) in [5.41, 5.74) is 10.8. The lowest BCUT2D eigenvalue weighted by molar-refractivity contribution is 0.870. The van der Waals surface area contributed by atoms with Gasteiger partial charge in [0.15, 0.2) is 5.65 Å². The number of rotatable bonds is 2. The summed E-state index contributed by atoms with van der Waals surface area (Å²) in [5.74, 6) is 0. The number of benzene rings is 1. The van der Waals surface area contributed by atoms with E-state index in [1.54, 1.807) is 0 Å². The summed E-state index contributed by atoms with van der Waals surface area (Å²) < 4.78 is 1.90. The molecule has 0 radical (unpaired) electrons. The molecule has 96 valence electrons. The van der Waals surface area contributed by atoms with Crippen LogP contribution in [0.1, 0.15) is 16.8 Å². The molecule has 0 unspecified atom stereocenters. The van der Waals surface area contributed by atoms with Crippen molar-refractivity contribution in [3.8, 4) is 5.69 Å². The number of aromatic nitrogens is 3. The Labute approximate surface area is 111 Å². The Balaban J connectivity index is 2.29. The highest BCUT2D eigenvalue weighted by Crippen LogP contribution is 2.22. The average Bonchev–Trinajstić information content (AvgIpc) is 2.76. The van der Waals surface area contributed by atoms with Crippen LogP contribution in [-0.4, -0.2) is 14.8 Å². The van der Waals surface area contributed by atoms with E-state index in [0.717, 1.165) is 28.0 Å². The Hall–Kier alpha value is -2.20.